The van der Waals surface area contributed by atoms with Crippen LogP contribution in [0.15, 0.2) is 0 Å². The van der Waals surface area contributed by atoms with Gasteiger partial charge in [-0.1, -0.05) is 0 Å². The maximum Gasteiger partial charge on any atom is 0.164 e. The highest BCUT2D eigenvalue weighted by Crippen LogP contribution is 2.41. The summed E-state index contributed by atoms with van der Waals surface area (Å²) in [7, 11) is 0. The van der Waals surface area contributed by atoms with Gasteiger partial charge in [-0.3, -0.25) is 0 Å². The Morgan fingerprint density at radius 2 is 1.63 bits per heavy atom. The molecule has 0 spiro atoms. The van der Waals surface area contributed by atoms with Crippen molar-refractivity contribution in [1.29, 1.82) is 0 Å². The Hall–Kier alpha value is -0.280. The molecule has 3 heterocycles. The first-order chi connectivity index (χ1) is 8.81. The molecule has 0 bridgehead atoms. The molecule has 7 nitrogen and oxygen atoms in total. The van der Waals surface area contributed by atoms with Crippen molar-refractivity contribution in [3.05, 3.63) is 0 Å². The van der Waals surface area contributed by atoms with Crippen molar-refractivity contribution in [2.45, 2.75) is 69.9 Å². The Kier molecular flexibility index (Phi) is 3.14. The molecule has 0 aromatic carbocycles. The lowest BCUT2D eigenvalue weighted by atomic mass is 10.1. The van der Waals surface area contributed by atoms with Crippen molar-refractivity contribution in [1.82, 2.24) is 5.48 Å². The molecule has 2 N–H and O–H groups in total. The zero-order valence-corrected chi connectivity index (χ0v) is 11.6. The first-order valence-electron chi connectivity index (χ1n) is 6.54. The minimum absolute atomic E-state index is 0.238. The molecular weight excluding hydrogens is 254 g/mol. The van der Waals surface area contributed by atoms with Crippen LogP contribution in [0.25, 0.3) is 0 Å². The van der Waals surface area contributed by atoms with E-state index in [-0.39, 0.29) is 24.4 Å². The largest absolute Gasteiger partial charge is 0.350 e. The number of hydroxylamine groups is 1. The third kappa shape index (κ3) is 2.40. The van der Waals surface area contributed by atoms with E-state index in [1.54, 1.807) is 0 Å². The Morgan fingerprint density at radius 3 is 2.21 bits per heavy atom. The number of hydrogen-bond acceptors (Lipinski definition) is 7. The molecule has 110 valence electrons. The van der Waals surface area contributed by atoms with Gasteiger partial charge in [-0.05, 0) is 27.7 Å². The van der Waals surface area contributed by atoms with Crippen LogP contribution >= 0.6 is 0 Å². The summed E-state index contributed by atoms with van der Waals surface area (Å²) < 4.78 is 28.7. The fraction of sp³-hybridized carbons (Fsp3) is 1.00. The summed E-state index contributed by atoms with van der Waals surface area (Å²) in [5.74, 6) is -1.31. The second-order valence-electron chi connectivity index (χ2n) is 6.08. The number of nitrogens with one attached hydrogen (secondary N) is 1. The molecule has 3 saturated heterocycles. The highest BCUT2D eigenvalue weighted by Gasteiger charge is 2.58. The summed E-state index contributed by atoms with van der Waals surface area (Å²) >= 11 is 0. The van der Waals surface area contributed by atoms with E-state index in [9.17, 15) is 0 Å². The first kappa shape index (κ1) is 13.7. The molecule has 19 heavy (non-hydrogen) atoms. The summed E-state index contributed by atoms with van der Waals surface area (Å²) in [5, 5.41) is 9.16. The van der Waals surface area contributed by atoms with Crippen molar-refractivity contribution < 1.29 is 28.9 Å². The van der Waals surface area contributed by atoms with E-state index in [1.165, 1.54) is 0 Å². The van der Waals surface area contributed by atoms with Crippen LogP contribution in [0.1, 0.15) is 27.7 Å². The SMILES string of the molecule is CC1(C)O[C@@H]2[C@@H](O1)[C@@H](NO)O[C@@H]2[C@H]1COC(C)(C)O1. The zero-order valence-electron chi connectivity index (χ0n) is 11.6. The second kappa shape index (κ2) is 4.36. The standard InChI is InChI=1S/C12H21NO6/c1-11(2)15-5-6(17-11)7-8-9(10(13-14)16-7)19-12(3,4)18-8/h6-10,13-14H,5H2,1-4H3/t6-,7-,8+,9-,10+/m1/s1. The fourth-order valence-corrected chi connectivity index (χ4v) is 2.91. The molecule has 0 amide bonds. The number of fused-ring (bicyclic) bond motifs is 1. The third-order valence-corrected chi connectivity index (χ3v) is 3.61. The van der Waals surface area contributed by atoms with E-state index in [4.69, 9.17) is 28.9 Å². The highest BCUT2D eigenvalue weighted by molar-refractivity contribution is 5.00. The molecular formula is C12H21NO6. The van der Waals surface area contributed by atoms with E-state index in [2.05, 4.69) is 5.48 Å². The second-order valence-corrected chi connectivity index (χ2v) is 6.08. The van der Waals surface area contributed by atoms with Crippen LogP contribution in [0.5, 0.6) is 0 Å². The lowest BCUT2D eigenvalue weighted by Gasteiger charge is -2.26. The molecule has 0 aromatic rings. The van der Waals surface area contributed by atoms with E-state index in [0.717, 1.165) is 0 Å². The van der Waals surface area contributed by atoms with E-state index in [0.29, 0.717) is 6.61 Å². The molecule has 7 heteroatoms. The molecule has 5 atom stereocenters. The fourth-order valence-electron chi connectivity index (χ4n) is 2.91. The Balaban J connectivity index is 1.76. The summed E-state index contributed by atoms with van der Waals surface area (Å²) in [6.45, 7) is 7.83. The van der Waals surface area contributed by atoms with Gasteiger partial charge < -0.3 is 28.9 Å². The molecule has 3 rings (SSSR count). The molecule has 3 fully saturated rings. The average Bonchev–Trinajstić information content (AvgIpc) is 2.89. The zero-order chi connectivity index (χ0) is 13.8. The van der Waals surface area contributed by atoms with Crippen LogP contribution in [0.4, 0.5) is 0 Å². The summed E-state index contributed by atoms with van der Waals surface area (Å²) in [5.41, 5.74) is 2.12. The summed E-state index contributed by atoms with van der Waals surface area (Å²) in [6, 6.07) is 0. The van der Waals surface area contributed by atoms with E-state index >= 15 is 0 Å². The van der Waals surface area contributed by atoms with Crippen LogP contribution in [-0.2, 0) is 23.7 Å². The molecule has 0 unspecified atom stereocenters. The monoisotopic (exact) mass is 275 g/mol. The van der Waals surface area contributed by atoms with Gasteiger partial charge in [0.2, 0.25) is 0 Å². The van der Waals surface area contributed by atoms with Crippen molar-refractivity contribution in [3.63, 3.8) is 0 Å². The van der Waals surface area contributed by atoms with Crippen LogP contribution in [0.2, 0.25) is 0 Å². The topological polar surface area (TPSA) is 78.4 Å². The van der Waals surface area contributed by atoms with Crippen LogP contribution in [0, 0.1) is 0 Å². The Labute approximate surface area is 112 Å². The van der Waals surface area contributed by atoms with Gasteiger partial charge in [-0.25, -0.2) is 0 Å². The summed E-state index contributed by atoms with van der Waals surface area (Å²) in [4.78, 5) is 0. The molecule has 0 aromatic heterocycles. The first-order valence-corrected chi connectivity index (χ1v) is 6.54. The minimum atomic E-state index is -0.693. The van der Waals surface area contributed by atoms with Crippen molar-refractivity contribution in [2.24, 2.45) is 0 Å². The van der Waals surface area contributed by atoms with Gasteiger partial charge in [-0.2, -0.15) is 5.48 Å². The Bertz CT molecular complexity index is 360. The molecule has 0 radical (unpaired) electrons. The molecule has 3 aliphatic heterocycles. The molecule has 3 aliphatic rings. The third-order valence-electron chi connectivity index (χ3n) is 3.61. The number of ether oxygens (including phenoxy) is 5. The predicted molar refractivity (Wildman–Crippen MR) is 62.3 cm³/mol. The predicted octanol–water partition coefficient (Wildman–Crippen LogP) is 0.362. The van der Waals surface area contributed by atoms with Crippen LogP contribution in [-0.4, -0.2) is 54.0 Å². The van der Waals surface area contributed by atoms with Crippen molar-refractivity contribution >= 4 is 0 Å². The van der Waals surface area contributed by atoms with Gasteiger partial charge >= 0.3 is 0 Å². The van der Waals surface area contributed by atoms with Gasteiger partial charge in [0.05, 0.1) is 6.61 Å². The summed E-state index contributed by atoms with van der Waals surface area (Å²) in [6.07, 6.45) is -1.85. The maximum absolute atomic E-state index is 9.16. The van der Waals surface area contributed by atoms with Gasteiger partial charge in [0.1, 0.15) is 24.4 Å². The molecule has 0 aliphatic carbocycles. The average molecular weight is 275 g/mol. The van der Waals surface area contributed by atoms with E-state index in [1.807, 2.05) is 27.7 Å². The minimum Gasteiger partial charge on any atom is -0.350 e. The van der Waals surface area contributed by atoms with Crippen LogP contribution in [0.3, 0.4) is 0 Å². The quantitative estimate of drug-likeness (QED) is 0.704. The van der Waals surface area contributed by atoms with E-state index < -0.39 is 17.8 Å². The highest BCUT2D eigenvalue weighted by atomic mass is 16.8. The lowest BCUT2D eigenvalue weighted by molar-refractivity contribution is -0.218. The normalized spacial score (nSPS) is 47.5. The van der Waals surface area contributed by atoms with Gasteiger partial charge in [0.15, 0.2) is 17.8 Å². The van der Waals surface area contributed by atoms with Crippen LogP contribution < -0.4 is 5.48 Å². The number of rotatable bonds is 2. The number of hydrogen-bond donors (Lipinski definition) is 2. The van der Waals surface area contributed by atoms with Crippen molar-refractivity contribution in [2.75, 3.05) is 6.61 Å². The van der Waals surface area contributed by atoms with Gasteiger partial charge in [0, 0.05) is 0 Å². The maximum atomic E-state index is 9.16. The smallest absolute Gasteiger partial charge is 0.164 e. The molecule has 0 saturated carbocycles. The van der Waals surface area contributed by atoms with Gasteiger partial charge in [-0.15, -0.1) is 0 Å². The lowest BCUT2D eigenvalue weighted by Crippen LogP contribution is -2.40. The Morgan fingerprint density at radius 1 is 0.947 bits per heavy atom. The van der Waals surface area contributed by atoms with Gasteiger partial charge in [0.25, 0.3) is 0 Å². The van der Waals surface area contributed by atoms with Crippen molar-refractivity contribution in [3.8, 4) is 0 Å².